The lowest BCUT2D eigenvalue weighted by Gasteiger charge is -2.10. The topological polar surface area (TPSA) is 111 Å². The van der Waals surface area contributed by atoms with Gasteiger partial charge in [-0.25, -0.2) is 12.8 Å². The maximum absolute atomic E-state index is 14.3. The van der Waals surface area contributed by atoms with E-state index < -0.39 is 20.7 Å². The average molecular weight is 476 g/mol. The van der Waals surface area contributed by atoms with Crippen LogP contribution in [0.4, 0.5) is 10.1 Å². The SMILES string of the molecule is COc1ccc(S(=O)(=O)Nc2ccc(-c3ccc4nnc(-c5ccncc5)n4n3)cc2)c(F)c1. The van der Waals surface area contributed by atoms with Gasteiger partial charge in [0.05, 0.1) is 12.8 Å². The van der Waals surface area contributed by atoms with Gasteiger partial charge in [0.1, 0.15) is 16.5 Å². The highest BCUT2D eigenvalue weighted by molar-refractivity contribution is 7.92. The van der Waals surface area contributed by atoms with E-state index in [1.54, 1.807) is 53.3 Å². The van der Waals surface area contributed by atoms with Crippen LogP contribution in [0.25, 0.3) is 28.3 Å². The lowest BCUT2D eigenvalue weighted by atomic mass is 10.1. The molecule has 0 saturated carbocycles. The largest absolute Gasteiger partial charge is 0.497 e. The molecule has 9 nitrogen and oxygen atoms in total. The molecule has 1 N–H and O–H groups in total. The van der Waals surface area contributed by atoms with Gasteiger partial charge in [0.2, 0.25) is 0 Å². The minimum atomic E-state index is -4.13. The van der Waals surface area contributed by atoms with Crippen LogP contribution in [0.1, 0.15) is 0 Å². The van der Waals surface area contributed by atoms with Crippen molar-refractivity contribution in [2.24, 2.45) is 0 Å². The smallest absolute Gasteiger partial charge is 0.264 e. The first-order valence-electron chi connectivity index (χ1n) is 10.0. The maximum atomic E-state index is 14.3. The summed E-state index contributed by atoms with van der Waals surface area (Å²) in [5.41, 5.74) is 3.07. The minimum absolute atomic E-state index is 0.227. The van der Waals surface area contributed by atoms with E-state index in [1.165, 1.54) is 13.2 Å². The Kier molecular flexibility index (Phi) is 5.38. The summed E-state index contributed by atoms with van der Waals surface area (Å²) < 4.78 is 48.5. The molecule has 0 aliphatic rings. The first-order chi connectivity index (χ1) is 16.4. The Bertz CT molecular complexity index is 1590. The summed E-state index contributed by atoms with van der Waals surface area (Å²) in [6, 6.07) is 17.4. The fourth-order valence-corrected chi connectivity index (χ4v) is 4.49. The molecule has 34 heavy (non-hydrogen) atoms. The molecule has 0 unspecified atom stereocenters. The van der Waals surface area contributed by atoms with Gasteiger partial charge >= 0.3 is 0 Å². The highest BCUT2D eigenvalue weighted by Gasteiger charge is 2.20. The van der Waals surface area contributed by atoms with E-state index in [0.717, 1.165) is 23.3 Å². The van der Waals surface area contributed by atoms with Gasteiger partial charge < -0.3 is 4.74 Å². The fraction of sp³-hybridized carbons (Fsp3) is 0.0435. The zero-order valence-electron chi connectivity index (χ0n) is 17.8. The van der Waals surface area contributed by atoms with E-state index in [9.17, 15) is 12.8 Å². The number of nitrogens with one attached hydrogen (secondary N) is 1. The van der Waals surface area contributed by atoms with Gasteiger partial charge in [-0.3, -0.25) is 9.71 Å². The van der Waals surface area contributed by atoms with Crippen molar-refractivity contribution >= 4 is 21.4 Å². The Morgan fingerprint density at radius 3 is 2.38 bits per heavy atom. The van der Waals surface area contributed by atoms with Crippen molar-refractivity contribution in [2.45, 2.75) is 4.90 Å². The number of nitrogens with zero attached hydrogens (tertiary/aromatic N) is 5. The average Bonchev–Trinajstić information content (AvgIpc) is 3.28. The van der Waals surface area contributed by atoms with E-state index in [2.05, 4.69) is 25.0 Å². The van der Waals surface area contributed by atoms with Gasteiger partial charge in [-0.1, -0.05) is 12.1 Å². The van der Waals surface area contributed by atoms with Crippen LogP contribution in [-0.2, 0) is 10.0 Å². The Morgan fingerprint density at radius 2 is 1.68 bits per heavy atom. The minimum Gasteiger partial charge on any atom is -0.497 e. The zero-order valence-corrected chi connectivity index (χ0v) is 18.6. The zero-order chi connectivity index (χ0) is 23.7. The molecule has 5 rings (SSSR count). The Hall–Kier alpha value is -4.38. The number of ether oxygens (including phenoxy) is 1. The van der Waals surface area contributed by atoms with Gasteiger partial charge in [0, 0.05) is 35.3 Å². The molecule has 0 radical (unpaired) electrons. The third kappa shape index (κ3) is 4.04. The molecule has 0 spiro atoms. The molecular weight excluding hydrogens is 459 g/mol. The summed E-state index contributed by atoms with van der Waals surface area (Å²) in [6.45, 7) is 0. The highest BCUT2D eigenvalue weighted by atomic mass is 32.2. The van der Waals surface area contributed by atoms with Crippen molar-refractivity contribution in [1.82, 2.24) is 24.8 Å². The summed E-state index contributed by atoms with van der Waals surface area (Å²) in [6.07, 6.45) is 3.33. The number of methoxy groups -OCH3 is 1. The van der Waals surface area contributed by atoms with Crippen LogP contribution in [0.3, 0.4) is 0 Å². The fourth-order valence-electron chi connectivity index (χ4n) is 3.37. The number of anilines is 1. The standard InChI is InChI=1S/C23H17FN6O3S/c1-33-18-6-8-21(19(24)14-18)34(31,32)29-17-4-2-15(3-5-17)20-7-9-22-26-27-23(30(22)28-20)16-10-12-25-13-11-16/h2-14,29H,1H3. The Labute approximate surface area is 193 Å². The quantitative estimate of drug-likeness (QED) is 0.397. The molecule has 11 heteroatoms. The molecule has 0 saturated heterocycles. The van der Waals surface area contributed by atoms with Gasteiger partial charge in [-0.05, 0) is 48.5 Å². The van der Waals surface area contributed by atoms with Crippen molar-refractivity contribution in [1.29, 1.82) is 0 Å². The molecule has 0 amide bonds. The van der Waals surface area contributed by atoms with E-state index in [1.807, 2.05) is 12.1 Å². The van der Waals surface area contributed by atoms with Crippen LogP contribution in [0.5, 0.6) is 5.75 Å². The number of hydrogen-bond donors (Lipinski definition) is 1. The number of benzene rings is 2. The second-order valence-electron chi connectivity index (χ2n) is 7.23. The summed E-state index contributed by atoms with van der Waals surface area (Å²) in [5, 5.41) is 13.0. The Balaban J connectivity index is 1.42. The van der Waals surface area contributed by atoms with Gasteiger partial charge in [0.15, 0.2) is 11.5 Å². The van der Waals surface area contributed by atoms with Crippen LogP contribution in [0.15, 0.2) is 84.0 Å². The third-order valence-corrected chi connectivity index (χ3v) is 6.48. The van der Waals surface area contributed by atoms with Crippen molar-refractivity contribution in [3.8, 4) is 28.4 Å². The van der Waals surface area contributed by atoms with Crippen LogP contribution in [0, 0.1) is 5.82 Å². The van der Waals surface area contributed by atoms with E-state index >= 15 is 0 Å². The van der Waals surface area contributed by atoms with Crippen LogP contribution >= 0.6 is 0 Å². The second-order valence-corrected chi connectivity index (χ2v) is 8.88. The molecule has 170 valence electrons. The summed E-state index contributed by atoms with van der Waals surface area (Å²) in [4.78, 5) is 3.54. The van der Waals surface area contributed by atoms with Crippen LogP contribution < -0.4 is 9.46 Å². The van der Waals surface area contributed by atoms with E-state index in [4.69, 9.17) is 4.74 Å². The number of pyridine rings is 1. The number of fused-ring (bicyclic) bond motifs is 1. The highest BCUT2D eigenvalue weighted by Crippen LogP contribution is 2.25. The molecule has 3 heterocycles. The first kappa shape index (κ1) is 21.5. The van der Waals surface area contributed by atoms with Crippen LogP contribution in [-0.4, -0.2) is 40.3 Å². The van der Waals surface area contributed by atoms with E-state index in [0.29, 0.717) is 17.2 Å². The summed E-state index contributed by atoms with van der Waals surface area (Å²) >= 11 is 0. The molecule has 0 bridgehead atoms. The van der Waals surface area contributed by atoms with Crippen molar-refractivity contribution < 1.29 is 17.5 Å². The first-order valence-corrected chi connectivity index (χ1v) is 11.5. The number of aromatic nitrogens is 5. The van der Waals surface area contributed by atoms with Gasteiger partial charge in [0.25, 0.3) is 10.0 Å². The normalized spacial score (nSPS) is 11.5. The Morgan fingerprint density at radius 1 is 0.912 bits per heavy atom. The third-order valence-electron chi connectivity index (χ3n) is 5.06. The molecule has 0 atom stereocenters. The molecule has 0 aliphatic carbocycles. The number of rotatable bonds is 6. The van der Waals surface area contributed by atoms with E-state index in [-0.39, 0.29) is 11.4 Å². The molecule has 3 aromatic heterocycles. The monoisotopic (exact) mass is 476 g/mol. The number of hydrogen-bond acceptors (Lipinski definition) is 7. The van der Waals surface area contributed by atoms with Crippen molar-refractivity contribution in [3.05, 3.63) is 84.9 Å². The number of sulfonamides is 1. The van der Waals surface area contributed by atoms with Crippen molar-refractivity contribution in [2.75, 3.05) is 11.8 Å². The summed E-state index contributed by atoms with van der Waals surface area (Å²) in [7, 11) is -2.75. The molecule has 5 aromatic rings. The lowest BCUT2D eigenvalue weighted by Crippen LogP contribution is -2.14. The maximum Gasteiger partial charge on any atom is 0.264 e. The number of halogens is 1. The molecule has 2 aromatic carbocycles. The predicted octanol–water partition coefficient (Wildman–Crippen LogP) is 3.80. The molecule has 0 aliphatic heterocycles. The lowest BCUT2D eigenvalue weighted by molar-refractivity contribution is 0.410. The van der Waals surface area contributed by atoms with Gasteiger partial charge in [-0.15, -0.1) is 10.2 Å². The molecule has 0 fully saturated rings. The second kappa shape index (κ2) is 8.52. The van der Waals surface area contributed by atoms with Crippen molar-refractivity contribution in [3.63, 3.8) is 0 Å². The molecular formula is C23H17FN6O3S. The van der Waals surface area contributed by atoms with Gasteiger partial charge in [-0.2, -0.15) is 9.61 Å². The predicted molar refractivity (Wildman–Crippen MR) is 123 cm³/mol. The van der Waals surface area contributed by atoms with Crippen LogP contribution in [0.2, 0.25) is 0 Å². The summed E-state index contributed by atoms with van der Waals surface area (Å²) in [5.74, 6) is -0.101.